The zero-order chi connectivity index (χ0) is 21.1. The van der Waals surface area contributed by atoms with Gasteiger partial charge in [0.05, 0.1) is 17.7 Å². The Kier molecular flexibility index (Phi) is 5.47. The van der Waals surface area contributed by atoms with E-state index in [0.29, 0.717) is 24.2 Å². The van der Waals surface area contributed by atoms with Gasteiger partial charge in [0.15, 0.2) is 0 Å². The summed E-state index contributed by atoms with van der Waals surface area (Å²) in [5.41, 5.74) is 1.54. The third-order valence-corrected chi connectivity index (χ3v) is 4.75. The number of amides is 2. The van der Waals surface area contributed by atoms with Crippen molar-refractivity contribution < 1.29 is 18.8 Å². The summed E-state index contributed by atoms with van der Waals surface area (Å²) in [4.78, 5) is 37.6. The van der Waals surface area contributed by atoms with Crippen LogP contribution < -0.4 is 10.6 Å². The molecule has 8 heteroatoms. The molecule has 3 rings (SSSR count). The van der Waals surface area contributed by atoms with Gasteiger partial charge in [-0.3, -0.25) is 14.4 Å². The highest BCUT2D eigenvalue weighted by Crippen LogP contribution is 2.30. The quantitative estimate of drug-likeness (QED) is 0.461. The van der Waals surface area contributed by atoms with Crippen LogP contribution in [0.15, 0.2) is 18.2 Å². The number of carbonyl (C=O) groups is 3. The first kappa shape index (κ1) is 19.8. The lowest BCUT2D eigenvalue weighted by Crippen LogP contribution is -2.32. The van der Waals surface area contributed by atoms with Crippen molar-refractivity contribution in [3.05, 3.63) is 52.1 Å². The lowest BCUT2D eigenvalue weighted by atomic mass is 10.0. The number of ketones is 1. The number of fused-ring (bicyclic) bond motifs is 1. The van der Waals surface area contributed by atoms with Gasteiger partial charge in [-0.2, -0.15) is 5.26 Å². The van der Waals surface area contributed by atoms with Crippen LogP contribution in [-0.2, 0) is 17.8 Å². The van der Waals surface area contributed by atoms with E-state index in [4.69, 9.17) is 11.7 Å². The minimum Gasteiger partial charge on any atom is -0.340 e. The molecule has 2 amide bonds. The fourth-order valence-electron chi connectivity index (χ4n) is 3.52. The molecule has 0 radical (unpaired) electrons. The third kappa shape index (κ3) is 3.61. The summed E-state index contributed by atoms with van der Waals surface area (Å²) in [5, 5.41) is 13.9. The van der Waals surface area contributed by atoms with E-state index in [1.54, 1.807) is 17.6 Å². The highest BCUT2D eigenvalue weighted by atomic mass is 19.1. The van der Waals surface area contributed by atoms with Crippen LogP contribution in [0.25, 0.3) is 0 Å². The standard InChI is InChI=1S/C21H17FN4O3/c1-3-8-24-21(29)19(27)17-12(2)18(26-9-4-5-16(17)26)20(28)25-14-6-7-15(22)13(10-14)11-23/h1,6-7,10H,4-5,8-9H2,2H3,(H,24,29)(H,25,28). The van der Waals surface area contributed by atoms with E-state index in [0.717, 1.165) is 12.5 Å². The van der Waals surface area contributed by atoms with Gasteiger partial charge in [-0.25, -0.2) is 4.39 Å². The molecular formula is C21H17FN4O3. The minimum absolute atomic E-state index is 0.0706. The topological polar surface area (TPSA) is 104 Å². The Labute approximate surface area is 166 Å². The van der Waals surface area contributed by atoms with E-state index in [2.05, 4.69) is 16.6 Å². The summed E-state index contributed by atoms with van der Waals surface area (Å²) in [6.07, 6.45) is 6.40. The Morgan fingerprint density at radius 2 is 2.10 bits per heavy atom. The average molecular weight is 392 g/mol. The summed E-state index contributed by atoms with van der Waals surface area (Å²) in [6.45, 7) is 2.07. The van der Waals surface area contributed by atoms with Crippen LogP contribution in [0, 0.1) is 36.4 Å². The van der Waals surface area contributed by atoms with Crippen LogP contribution in [0.4, 0.5) is 10.1 Å². The molecule has 1 aliphatic rings. The SMILES string of the molecule is C#CCNC(=O)C(=O)c1c(C)c(C(=O)Nc2ccc(F)c(C#N)c2)n2c1CCC2. The summed E-state index contributed by atoms with van der Waals surface area (Å²) in [5.74, 6) is -0.525. The number of aromatic nitrogens is 1. The van der Waals surface area contributed by atoms with Crippen molar-refractivity contribution in [1.82, 2.24) is 9.88 Å². The van der Waals surface area contributed by atoms with Crippen LogP contribution in [0.1, 0.15) is 44.1 Å². The largest absolute Gasteiger partial charge is 0.340 e. The number of terminal acetylenes is 1. The molecule has 146 valence electrons. The molecule has 0 spiro atoms. The molecule has 7 nitrogen and oxygen atoms in total. The summed E-state index contributed by atoms with van der Waals surface area (Å²) < 4.78 is 15.2. The van der Waals surface area contributed by atoms with E-state index in [1.807, 2.05) is 0 Å². The van der Waals surface area contributed by atoms with Crippen molar-refractivity contribution in [3.8, 4) is 18.4 Å². The molecule has 0 bridgehead atoms. The number of nitriles is 1. The lowest BCUT2D eigenvalue weighted by Gasteiger charge is -2.09. The monoisotopic (exact) mass is 392 g/mol. The second-order valence-corrected chi connectivity index (χ2v) is 6.53. The predicted octanol–water partition coefficient (Wildman–Crippen LogP) is 1.94. The number of nitrogens with one attached hydrogen (secondary N) is 2. The molecule has 0 fully saturated rings. The average Bonchev–Trinajstić information content (AvgIpc) is 3.26. The van der Waals surface area contributed by atoms with E-state index in [1.165, 1.54) is 12.1 Å². The zero-order valence-electron chi connectivity index (χ0n) is 15.6. The van der Waals surface area contributed by atoms with Gasteiger partial charge in [0.25, 0.3) is 17.6 Å². The zero-order valence-corrected chi connectivity index (χ0v) is 15.6. The van der Waals surface area contributed by atoms with E-state index in [9.17, 15) is 18.8 Å². The highest BCUT2D eigenvalue weighted by Gasteiger charge is 2.33. The van der Waals surface area contributed by atoms with Crippen molar-refractivity contribution in [2.75, 3.05) is 11.9 Å². The first-order valence-corrected chi connectivity index (χ1v) is 8.88. The molecule has 0 unspecified atom stereocenters. The molecule has 2 heterocycles. The molecule has 1 aromatic carbocycles. The van der Waals surface area contributed by atoms with Gasteiger partial charge >= 0.3 is 0 Å². The number of nitrogens with zero attached hydrogens (tertiary/aromatic N) is 2. The van der Waals surface area contributed by atoms with Crippen LogP contribution in [0.3, 0.4) is 0 Å². The Morgan fingerprint density at radius 1 is 1.34 bits per heavy atom. The second-order valence-electron chi connectivity index (χ2n) is 6.53. The predicted molar refractivity (Wildman–Crippen MR) is 103 cm³/mol. The van der Waals surface area contributed by atoms with Gasteiger partial charge in [-0.05, 0) is 43.5 Å². The first-order chi connectivity index (χ1) is 13.9. The van der Waals surface area contributed by atoms with Gasteiger partial charge in [-0.15, -0.1) is 6.42 Å². The van der Waals surface area contributed by atoms with Crippen LogP contribution in [0.5, 0.6) is 0 Å². The Balaban J connectivity index is 1.96. The van der Waals surface area contributed by atoms with Gasteiger partial charge in [0.1, 0.15) is 17.6 Å². The minimum atomic E-state index is -0.824. The number of Topliss-reactive ketones (excluding diaryl/α,β-unsaturated/α-hetero) is 1. The molecule has 2 N–H and O–H groups in total. The molecule has 0 saturated heterocycles. The number of carbonyl (C=O) groups excluding carboxylic acids is 3. The van der Waals surface area contributed by atoms with Crippen LogP contribution in [0.2, 0.25) is 0 Å². The van der Waals surface area contributed by atoms with Gasteiger partial charge in [-0.1, -0.05) is 5.92 Å². The Hall–Kier alpha value is -3.91. The molecule has 0 aliphatic carbocycles. The maximum atomic E-state index is 13.5. The van der Waals surface area contributed by atoms with Crippen molar-refractivity contribution in [3.63, 3.8) is 0 Å². The molecule has 2 aromatic rings. The van der Waals surface area contributed by atoms with Crippen LogP contribution in [-0.4, -0.2) is 28.7 Å². The molecule has 1 aliphatic heterocycles. The molecular weight excluding hydrogens is 375 g/mol. The number of halogens is 1. The number of benzene rings is 1. The molecule has 1 aromatic heterocycles. The van der Waals surface area contributed by atoms with E-state index in [-0.39, 0.29) is 29.1 Å². The Morgan fingerprint density at radius 3 is 2.79 bits per heavy atom. The number of hydrogen-bond acceptors (Lipinski definition) is 4. The second kappa shape index (κ2) is 7.99. The van der Waals surface area contributed by atoms with Crippen LogP contribution >= 0.6 is 0 Å². The van der Waals surface area contributed by atoms with E-state index < -0.39 is 23.4 Å². The van der Waals surface area contributed by atoms with Crippen molar-refractivity contribution >= 4 is 23.3 Å². The molecule has 29 heavy (non-hydrogen) atoms. The van der Waals surface area contributed by atoms with Gasteiger partial charge in [0, 0.05) is 17.9 Å². The van der Waals surface area contributed by atoms with Crippen molar-refractivity contribution in [2.24, 2.45) is 0 Å². The fourth-order valence-corrected chi connectivity index (χ4v) is 3.52. The molecule has 0 saturated carbocycles. The Bertz CT molecular complexity index is 1120. The third-order valence-electron chi connectivity index (χ3n) is 4.75. The fraction of sp³-hybridized carbons (Fsp3) is 0.238. The highest BCUT2D eigenvalue weighted by molar-refractivity contribution is 6.43. The maximum Gasteiger partial charge on any atom is 0.293 e. The number of hydrogen-bond donors (Lipinski definition) is 2. The first-order valence-electron chi connectivity index (χ1n) is 8.88. The summed E-state index contributed by atoms with van der Waals surface area (Å²) in [7, 11) is 0. The number of rotatable bonds is 5. The summed E-state index contributed by atoms with van der Waals surface area (Å²) in [6, 6.07) is 5.38. The van der Waals surface area contributed by atoms with E-state index >= 15 is 0 Å². The van der Waals surface area contributed by atoms with Gasteiger partial charge < -0.3 is 15.2 Å². The van der Waals surface area contributed by atoms with Gasteiger partial charge in [0.2, 0.25) is 0 Å². The van der Waals surface area contributed by atoms with Crippen molar-refractivity contribution in [2.45, 2.75) is 26.3 Å². The lowest BCUT2D eigenvalue weighted by molar-refractivity contribution is -0.116. The summed E-state index contributed by atoms with van der Waals surface area (Å²) >= 11 is 0. The van der Waals surface area contributed by atoms with Crippen molar-refractivity contribution in [1.29, 1.82) is 5.26 Å². The normalized spacial score (nSPS) is 11.9. The molecule has 0 atom stereocenters. The number of anilines is 1. The maximum absolute atomic E-state index is 13.5. The smallest absolute Gasteiger partial charge is 0.293 e.